The van der Waals surface area contributed by atoms with E-state index >= 15 is 0 Å². The van der Waals surface area contributed by atoms with Crippen molar-refractivity contribution < 1.29 is 51.7 Å². The summed E-state index contributed by atoms with van der Waals surface area (Å²) in [5.74, 6) is 0. The molecule has 0 saturated carbocycles. The van der Waals surface area contributed by atoms with Gasteiger partial charge in [0.1, 0.15) is 0 Å². The van der Waals surface area contributed by atoms with Crippen LogP contribution in [0, 0.1) is 14.9 Å². The fourth-order valence-electron chi connectivity index (χ4n) is 0. The minimum atomic E-state index is -5.17. The molecule has 0 bridgehead atoms. The van der Waals surface area contributed by atoms with Gasteiger partial charge in [0.25, 0.3) is 0 Å². The van der Waals surface area contributed by atoms with Gasteiger partial charge in [-0.15, -0.1) is 0 Å². The van der Waals surface area contributed by atoms with Gasteiger partial charge in [0, 0.05) is 10.4 Å². The van der Waals surface area contributed by atoms with Crippen molar-refractivity contribution in [3.63, 3.8) is 0 Å². The molecule has 0 aromatic rings. The van der Waals surface area contributed by atoms with E-state index in [1.807, 2.05) is 0 Å². The molecule has 0 atom stereocenters. The smallest absolute Gasteiger partial charge is 0.759 e. The molecular formula is C2H6Cu2O4S. The SMILES string of the molecule is O=S(=O)([O-])[O-].[CH3-].[CH3-].[Cu+2].[Cu+2]. The minimum absolute atomic E-state index is 0. The van der Waals surface area contributed by atoms with E-state index in [2.05, 4.69) is 0 Å². The molecule has 0 aliphatic carbocycles. The van der Waals surface area contributed by atoms with Crippen molar-refractivity contribution >= 4 is 10.4 Å². The number of rotatable bonds is 0. The Morgan fingerprint density at radius 3 is 0.889 bits per heavy atom. The molecule has 0 unspecified atom stereocenters. The van der Waals surface area contributed by atoms with Gasteiger partial charge in [0.15, 0.2) is 0 Å². The maximum atomic E-state index is 8.52. The molecule has 0 N–H and O–H groups in total. The third kappa shape index (κ3) is 515. The Morgan fingerprint density at radius 1 is 0.889 bits per heavy atom. The molecule has 0 aliphatic heterocycles. The molecule has 0 aliphatic rings. The molecule has 0 heterocycles. The van der Waals surface area contributed by atoms with Crippen molar-refractivity contribution in [2.24, 2.45) is 0 Å². The van der Waals surface area contributed by atoms with Gasteiger partial charge in [0.05, 0.1) is 0 Å². The second-order valence-electron chi connectivity index (χ2n) is 0.408. The van der Waals surface area contributed by atoms with Crippen molar-refractivity contribution in [2.45, 2.75) is 0 Å². The summed E-state index contributed by atoms with van der Waals surface area (Å²) in [5.41, 5.74) is 0. The van der Waals surface area contributed by atoms with Gasteiger partial charge in [-0.2, -0.15) is 0 Å². The normalized spacial score (nSPS) is 6.44. The maximum absolute atomic E-state index is 8.52. The summed E-state index contributed by atoms with van der Waals surface area (Å²) >= 11 is 0. The molecule has 0 aromatic carbocycles. The first-order valence-electron chi connectivity index (χ1n) is 0.667. The van der Waals surface area contributed by atoms with Gasteiger partial charge < -0.3 is 24.0 Å². The summed E-state index contributed by atoms with van der Waals surface area (Å²) in [4.78, 5) is 0. The minimum Gasteiger partial charge on any atom is -0.759 e. The van der Waals surface area contributed by atoms with Gasteiger partial charge in [-0.25, -0.2) is 0 Å². The Kier molecular flexibility index (Phi) is 42.3. The van der Waals surface area contributed by atoms with E-state index in [9.17, 15) is 0 Å². The Morgan fingerprint density at radius 2 is 0.889 bits per heavy atom. The zero-order valence-corrected chi connectivity index (χ0v) is 7.34. The van der Waals surface area contributed by atoms with Gasteiger partial charge in [-0.3, -0.25) is 8.42 Å². The van der Waals surface area contributed by atoms with Gasteiger partial charge in [-0.1, -0.05) is 0 Å². The summed E-state index contributed by atoms with van der Waals surface area (Å²) in [6.07, 6.45) is 0. The first-order chi connectivity index (χ1) is 2.00. The second kappa shape index (κ2) is 11.7. The first kappa shape index (κ1) is 32.6. The zero-order valence-electron chi connectivity index (χ0n) is 4.64. The van der Waals surface area contributed by atoms with E-state index in [0.29, 0.717) is 0 Å². The monoisotopic (exact) mass is 252 g/mol. The van der Waals surface area contributed by atoms with Crippen LogP contribution in [0.2, 0.25) is 0 Å². The van der Waals surface area contributed by atoms with Crippen molar-refractivity contribution in [3.8, 4) is 0 Å². The van der Waals surface area contributed by atoms with Crippen LogP contribution < -0.4 is 0 Å². The largest absolute Gasteiger partial charge is 2.00 e. The van der Waals surface area contributed by atoms with Crippen LogP contribution in [0.4, 0.5) is 0 Å². The Labute approximate surface area is 76.9 Å². The Balaban J connectivity index is -0.0000000133. The molecule has 7 heteroatoms. The fraction of sp³-hybridized carbons (Fsp3) is 0. The van der Waals surface area contributed by atoms with E-state index in [1.54, 1.807) is 0 Å². The standard InChI is InChI=1S/2CH3.2Cu.H2O4S/c;;;;1-5(2,3)4/h2*1H3;;;(H2,1,2,3,4)/q2*-1;2*+2;/p-2. The van der Waals surface area contributed by atoms with Gasteiger partial charge >= 0.3 is 34.1 Å². The van der Waals surface area contributed by atoms with Crippen molar-refractivity contribution in [2.75, 3.05) is 0 Å². The third-order valence-electron chi connectivity index (χ3n) is 0. The van der Waals surface area contributed by atoms with Crippen LogP contribution >= 0.6 is 0 Å². The molecule has 0 fully saturated rings. The molecular weight excluding hydrogens is 247 g/mol. The van der Waals surface area contributed by atoms with Gasteiger partial charge in [-0.05, 0) is 0 Å². The van der Waals surface area contributed by atoms with Crippen molar-refractivity contribution in [3.05, 3.63) is 14.9 Å². The molecule has 0 rings (SSSR count). The van der Waals surface area contributed by atoms with E-state index < -0.39 is 10.4 Å². The quantitative estimate of drug-likeness (QED) is 0.253. The summed E-state index contributed by atoms with van der Waals surface area (Å²) in [7, 11) is -5.17. The average molecular weight is 253 g/mol. The van der Waals surface area contributed by atoms with Crippen LogP contribution in [0.15, 0.2) is 0 Å². The zero-order chi connectivity index (χ0) is 4.50. The molecule has 0 aromatic heterocycles. The Bertz CT molecular complexity index is 99.7. The molecule has 0 spiro atoms. The van der Waals surface area contributed by atoms with Crippen molar-refractivity contribution in [1.29, 1.82) is 0 Å². The third-order valence-corrected chi connectivity index (χ3v) is 0. The van der Waals surface area contributed by atoms with E-state index in [1.165, 1.54) is 0 Å². The van der Waals surface area contributed by atoms with E-state index in [-0.39, 0.29) is 49.0 Å². The van der Waals surface area contributed by atoms with Crippen LogP contribution in [-0.4, -0.2) is 17.5 Å². The second-order valence-corrected chi connectivity index (χ2v) is 1.22. The van der Waals surface area contributed by atoms with Crippen LogP contribution in [0.3, 0.4) is 0 Å². The van der Waals surface area contributed by atoms with Crippen LogP contribution in [0.1, 0.15) is 0 Å². The summed E-state index contributed by atoms with van der Waals surface area (Å²) < 4.78 is 34.1. The van der Waals surface area contributed by atoms with E-state index in [4.69, 9.17) is 17.5 Å². The number of hydrogen-bond acceptors (Lipinski definition) is 4. The maximum Gasteiger partial charge on any atom is 2.00 e. The predicted molar refractivity (Wildman–Crippen MR) is 23.3 cm³/mol. The average Bonchev–Trinajstić information content (AvgIpc) is 0.722. The molecule has 0 amide bonds. The molecule has 4 nitrogen and oxygen atoms in total. The first-order valence-corrected chi connectivity index (χ1v) is 2.00. The Hall–Kier alpha value is 0.909. The molecule has 2 radical (unpaired) electrons. The fourth-order valence-corrected chi connectivity index (χ4v) is 0. The summed E-state index contributed by atoms with van der Waals surface area (Å²) in [6.45, 7) is 0. The summed E-state index contributed by atoms with van der Waals surface area (Å²) in [6, 6.07) is 0. The van der Waals surface area contributed by atoms with Gasteiger partial charge in [0.2, 0.25) is 0 Å². The van der Waals surface area contributed by atoms with E-state index in [0.717, 1.165) is 0 Å². The predicted octanol–water partition coefficient (Wildman–Crippen LogP) is -0.442. The molecule has 9 heavy (non-hydrogen) atoms. The van der Waals surface area contributed by atoms with Crippen molar-refractivity contribution in [1.82, 2.24) is 0 Å². The topological polar surface area (TPSA) is 80.3 Å². The molecule has 0 saturated heterocycles. The molecule has 66 valence electrons. The van der Waals surface area contributed by atoms with Crippen LogP contribution in [-0.2, 0) is 44.5 Å². The van der Waals surface area contributed by atoms with Crippen LogP contribution in [0.5, 0.6) is 0 Å². The summed E-state index contributed by atoms with van der Waals surface area (Å²) in [5, 5.41) is 0. The number of hydrogen-bond donors (Lipinski definition) is 0. The van der Waals surface area contributed by atoms with Crippen LogP contribution in [0.25, 0.3) is 0 Å².